The highest BCUT2D eigenvalue weighted by atomic mass is 16.5. The SMILES string of the molecule is CCOc1ccc(C2C(=C(O)c3cc(C)ccc3C)C(=O)C(=O)N2CCCn2ccnc2)cc1OC. The van der Waals surface area contributed by atoms with E-state index in [-0.39, 0.29) is 11.3 Å². The largest absolute Gasteiger partial charge is 0.507 e. The van der Waals surface area contributed by atoms with Crippen LogP contribution in [0.25, 0.3) is 5.76 Å². The lowest BCUT2D eigenvalue weighted by molar-refractivity contribution is -0.139. The molecule has 3 aromatic rings. The van der Waals surface area contributed by atoms with Crippen molar-refractivity contribution in [3.05, 3.63) is 82.9 Å². The van der Waals surface area contributed by atoms with Crippen molar-refractivity contribution in [2.45, 2.75) is 39.8 Å². The van der Waals surface area contributed by atoms with Crippen molar-refractivity contribution in [1.82, 2.24) is 14.5 Å². The van der Waals surface area contributed by atoms with E-state index in [1.807, 2.05) is 55.8 Å². The van der Waals surface area contributed by atoms with Crippen LogP contribution in [0.5, 0.6) is 11.5 Å². The predicted molar refractivity (Wildman–Crippen MR) is 136 cm³/mol. The second kappa shape index (κ2) is 10.7. The molecule has 1 fully saturated rings. The predicted octanol–water partition coefficient (Wildman–Crippen LogP) is 4.42. The number of carbonyl (C=O) groups is 2. The van der Waals surface area contributed by atoms with Gasteiger partial charge >= 0.3 is 0 Å². The van der Waals surface area contributed by atoms with Crippen molar-refractivity contribution < 1.29 is 24.2 Å². The first-order valence-electron chi connectivity index (χ1n) is 12.0. The van der Waals surface area contributed by atoms with E-state index in [1.54, 1.807) is 31.8 Å². The molecule has 36 heavy (non-hydrogen) atoms. The van der Waals surface area contributed by atoms with E-state index >= 15 is 0 Å². The molecule has 1 amide bonds. The van der Waals surface area contributed by atoms with Gasteiger partial charge in [0.2, 0.25) is 0 Å². The number of aryl methyl sites for hydroxylation is 3. The highest BCUT2D eigenvalue weighted by Crippen LogP contribution is 2.42. The maximum Gasteiger partial charge on any atom is 0.295 e. The van der Waals surface area contributed by atoms with Gasteiger partial charge in [0.15, 0.2) is 11.5 Å². The Labute approximate surface area is 210 Å². The maximum atomic E-state index is 13.3. The van der Waals surface area contributed by atoms with Gasteiger partial charge in [0.25, 0.3) is 11.7 Å². The average Bonchev–Trinajstić information content (AvgIpc) is 3.48. The Morgan fingerprint density at radius 3 is 2.58 bits per heavy atom. The number of aliphatic hydroxyl groups is 1. The molecular weight excluding hydrogens is 458 g/mol. The van der Waals surface area contributed by atoms with E-state index in [4.69, 9.17) is 9.47 Å². The standard InChI is InChI=1S/C28H31N3O5/c1-5-36-22-10-9-20(16-23(22)35-4)25-24(26(32)21-15-18(2)7-8-19(21)3)27(33)28(34)31(25)13-6-12-30-14-11-29-17-30/h7-11,14-17,25,32H,5-6,12-13H2,1-4H3. The molecule has 1 aliphatic rings. The lowest BCUT2D eigenvalue weighted by Gasteiger charge is -2.26. The summed E-state index contributed by atoms with van der Waals surface area (Å²) >= 11 is 0. The minimum absolute atomic E-state index is 0.0718. The molecule has 1 unspecified atom stereocenters. The Morgan fingerprint density at radius 2 is 1.89 bits per heavy atom. The van der Waals surface area contributed by atoms with Crippen molar-refractivity contribution in [3.8, 4) is 11.5 Å². The summed E-state index contributed by atoms with van der Waals surface area (Å²) in [6, 6.07) is 10.2. The van der Waals surface area contributed by atoms with Crippen LogP contribution in [0.1, 0.15) is 41.6 Å². The number of hydrogen-bond donors (Lipinski definition) is 1. The third-order valence-electron chi connectivity index (χ3n) is 6.37. The molecule has 0 bridgehead atoms. The van der Waals surface area contributed by atoms with Crippen LogP contribution in [0.3, 0.4) is 0 Å². The van der Waals surface area contributed by atoms with Crippen LogP contribution < -0.4 is 9.47 Å². The zero-order valence-corrected chi connectivity index (χ0v) is 21.0. The number of benzene rings is 2. The summed E-state index contributed by atoms with van der Waals surface area (Å²) in [5.41, 5.74) is 3.02. The number of ether oxygens (including phenoxy) is 2. The van der Waals surface area contributed by atoms with E-state index in [2.05, 4.69) is 4.98 Å². The van der Waals surface area contributed by atoms with Crippen molar-refractivity contribution in [3.63, 3.8) is 0 Å². The molecule has 4 rings (SSSR count). The van der Waals surface area contributed by atoms with E-state index < -0.39 is 17.7 Å². The first kappa shape index (κ1) is 25.0. The highest BCUT2D eigenvalue weighted by Gasteiger charge is 2.46. The Bertz CT molecular complexity index is 1300. The second-order valence-corrected chi connectivity index (χ2v) is 8.81. The van der Waals surface area contributed by atoms with Crippen molar-refractivity contribution in [2.24, 2.45) is 0 Å². The Hall–Kier alpha value is -4.07. The fourth-order valence-electron chi connectivity index (χ4n) is 4.56. The molecule has 1 N–H and O–H groups in total. The molecule has 0 radical (unpaired) electrons. The van der Waals surface area contributed by atoms with Gasteiger partial charge in [0.05, 0.1) is 31.7 Å². The lowest BCUT2D eigenvalue weighted by Crippen LogP contribution is -2.31. The fourth-order valence-corrected chi connectivity index (χ4v) is 4.56. The summed E-state index contributed by atoms with van der Waals surface area (Å²) in [6.07, 6.45) is 5.87. The fraction of sp³-hybridized carbons (Fsp3) is 0.321. The molecule has 1 atom stereocenters. The van der Waals surface area contributed by atoms with Gasteiger partial charge in [-0.05, 0) is 56.5 Å². The van der Waals surface area contributed by atoms with Gasteiger partial charge in [-0.25, -0.2) is 4.98 Å². The number of rotatable bonds is 9. The molecule has 8 nitrogen and oxygen atoms in total. The topological polar surface area (TPSA) is 93.9 Å². The second-order valence-electron chi connectivity index (χ2n) is 8.81. The molecular formula is C28H31N3O5. The molecule has 0 saturated carbocycles. The van der Waals surface area contributed by atoms with Crippen LogP contribution in [-0.4, -0.2) is 51.5 Å². The number of hydrogen-bond acceptors (Lipinski definition) is 6. The molecule has 2 heterocycles. The minimum Gasteiger partial charge on any atom is -0.507 e. The summed E-state index contributed by atoms with van der Waals surface area (Å²) in [6.45, 7) is 7.10. The van der Waals surface area contributed by atoms with E-state index in [0.717, 1.165) is 11.1 Å². The van der Waals surface area contributed by atoms with Crippen molar-refractivity contribution >= 4 is 17.4 Å². The number of aromatic nitrogens is 2. The van der Waals surface area contributed by atoms with Crippen molar-refractivity contribution in [2.75, 3.05) is 20.3 Å². The number of nitrogens with zero attached hydrogens (tertiary/aromatic N) is 3. The van der Waals surface area contributed by atoms with E-state index in [0.29, 0.717) is 48.7 Å². The van der Waals surface area contributed by atoms with Crippen LogP contribution in [0.2, 0.25) is 0 Å². The van der Waals surface area contributed by atoms with E-state index in [9.17, 15) is 14.7 Å². The number of methoxy groups -OCH3 is 1. The van der Waals surface area contributed by atoms with Gasteiger partial charge in [0, 0.05) is 31.0 Å². The van der Waals surface area contributed by atoms with Gasteiger partial charge < -0.3 is 24.0 Å². The molecule has 1 saturated heterocycles. The number of Topliss-reactive ketones (excluding diaryl/α,β-unsaturated/α-hetero) is 1. The van der Waals surface area contributed by atoms with Gasteiger partial charge in [-0.1, -0.05) is 23.8 Å². The number of aliphatic hydroxyl groups excluding tert-OH is 1. The number of ketones is 1. The minimum atomic E-state index is -0.766. The van der Waals surface area contributed by atoms with Gasteiger partial charge in [-0.2, -0.15) is 0 Å². The average molecular weight is 490 g/mol. The molecule has 188 valence electrons. The van der Waals surface area contributed by atoms with Crippen LogP contribution in [0, 0.1) is 13.8 Å². The number of imidazole rings is 1. The molecule has 0 aliphatic carbocycles. The molecule has 1 aromatic heterocycles. The third-order valence-corrected chi connectivity index (χ3v) is 6.37. The Kier molecular flexibility index (Phi) is 7.43. The van der Waals surface area contributed by atoms with Gasteiger partial charge in [-0.15, -0.1) is 0 Å². The van der Waals surface area contributed by atoms with Crippen LogP contribution in [-0.2, 0) is 16.1 Å². The Morgan fingerprint density at radius 1 is 1.08 bits per heavy atom. The first-order chi connectivity index (χ1) is 17.3. The maximum absolute atomic E-state index is 13.3. The summed E-state index contributed by atoms with van der Waals surface area (Å²) in [4.78, 5) is 32.2. The van der Waals surface area contributed by atoms with Crippen LogP contribution >= 0.6 is 0 Å². The highest BCUT2D eigenvalue weighted by molar-refractivity contribution is 6.46. The molecule has 0 spiro atoms. The molecule has 1 aliphatic heterocycles. The summed E-state index contributed by atoms with van der Waals surface area (Å²) in [5, 5.41) is 11.4. The summed E-state index contributed by atoms with van der Waals surface area (Å²) < 4.78 is 13.1. The quantitative estimate of drug-likeness (QED) is 0.272. The van der Waals surface area contributed by atoms with E-state index in [1.165, 1.54) is 4.90 Å². The molecule has 8 heteroatoms. The van der Waals surface area contributed by atoms with Gasteiger partial charge in [0.1, 0.15) is 5.76 Å². The Balaban J connectivity index is 1.81. The first-order valence-corrected chi connectivity index (χ1v) is 12.0. The van der Waals surface area contributed by atoms with Crippen LogP contribution in [0.4, 0.5) is 0 Å². The smallest absolute Gasteiger partial charge is 0.295 e. The van der Waals surface area contributed by atoms with Crippen molar-refractivity contribution in [1.29, 1.82) is 0 Å². The lowest BCUT2D eigenvalue weighted by atomic mass is 9.93. The zero-order chi connectivity index (χ0) is 25.8. The summed E-state index contributed by atoms with van der Waals surface area (Å²) in [5.74, 6) is -0.454. The number of amides is 1. The van der Waals surface area contributed by atoms with Crippen LogP contribution in [0.15, 0.2) is 60.7 Å². The number of likely N-dealkylation sites (tertiary alicyclic amines) is 1. The number of carbonyl (C=O) groups excluding carboxylic acids is 2. The third kappa shape index (κ3) is 4.84. The zero-order valence-electron chi connectivity index (χ0n) is 21.0. The normalized spacial score (nSPS) is 17.0. The van der Waals surface area contributed by atoms with Gasteiger partial charge in [-0.3, -0.25) is 9.59 Å². The molecule has 2 aromatic carbocycles. The summed E-state index contributed by atoms with van der Waals surface area (Å²) in [7, 11) is 1.54. The monoisotopic (exact) mass is 489 g/mol.